The molecular formula is C21H24N6O. The van der Waals surface area contributed by atoms with Crippen molar-refractivity contribution in [1.29, 1.82) is 0 Å². The number of rotatable bonds is 5. The summed E-state index contributed by atoms with van der Waals surface area (Å²) in [5.74, 6) is 0.711. The standard InChI is InChI=1S/C21H24N6O/c28-21(19-7-4-14-26(19)17-12-13-17)22-16-8-10-18(11-9-16)27-24-20(23-25-27)15-5-2-1-3-6-15/h1-7,14,16-18H,8-13H2,(H,22,28). The van der Waals surface area contributed by atoms with E-state index in [1.807, 2.05) is 48.7 Å². The largest absolute Gasteiger partial charge is 0.348 e. The first-order valence-corrected chi connectivity index (χ1v) is 10.1. The molecule has 0 saturated heterocycles. The van der Waals surface area contributed by atoms with E-state index in [4.69, 9.17) is 0 Å². The molecule has 0 spiro atoms. The van der Waals surface area contributed by atoms with Gasteiger partial charge in [0.15, 0.2) is 0 Å². The van der Waals surface area contributed by atoms with Crippen molar-refractivity contribution in [1.82, 2.24) is 30.1 Å². The Hall–Kier alpha value is -2.96. The molecule has 0 radical (unpaired) electrons. The molecule has 0 aliphatic heterocycles. The van der Waals surface area contributed by atoms with Crippen molar-refractivity contribution in [3.63, 3.8) is 0 Å². The molecule has 2 aliphatic rings. The molecule has 7 heteroatoms. The predicted octanol–water partition coefficient (Wildman–Crippen LogP) is 3.39. The second kappa shape index (κ2) is 7.22. The number of benzene rings is 1. The number of hydrogen-bond acceptors (Lipinski definition) is 4. The highest BCUT2D eigenvalue weighted by Crippen LogP contribution is 2.36. The van der Waals surface area contributed by atoms with Crippen LogP contribution in [0.3, 0.4) is 0 Å². The Morgan fingerprint density at radius 1 is 0.929 bits per heavy atom. The molecule has 0 atom stereocenters. The number of nitrogens with zero attached hydrogens (tertiary/aromatic N) is 5. The SMILES string of the molecule is O=C(NC1CCC(n2nnc(-c3ccccc3)n2)CC1)c1cccn1C1CC1. The summed E-state index contributed by atoms with van der Waals surface area (Å²) in [5, 5.41) is 16.3. The Bertz CT molecular complexity index is 950. The predicted molar refractivity (Wildman–Crippen MR) is 105 cm³/mol. The fourth-order valence-corrected chi connectivity index (χ4v) is 4.05. The van der Waals surface area contributed by atoms with Gasteiger partial charge in [-0.3, -0.25) is 4.79 Å². The first kappa shape index (κ1) is 17.2. The van der Waals surface area contributed by atoms with Gasteiger partial charge in [-0.1, -0.05) is 30.3 Å². The molecule has 2 heterocycles. The first-order chi connectivity index (χ1) is 13.8. The number of amides is 1. The molecule has 7 nitrogen and oxygen atoms in total. The number of carbonyl (C=O) groups is 1. The van der Waals surface area contributed by atoms with E-state index in [1.54, 1.807) is 4.80 Å². The zero-order valence-electron chi connectivity index (χ0n) is 15.7. The van der Waals surface area contributed by atoms with Gasteiger partial charge < -0.3 is 9.88 Å². The van der Waals surface area contributed by atoms with E-state index in [1.165, 1.54) is 12.8 Å². The van der Waals surface area contributed by atoms with Crippen LogP contribution in [0.2, 0.25) is 0 Å². The van der Waals surface area contributed by atoms with Gasteiger partial charge in [-0.25, -0.2) is 0 Å². The lowest BCUT2D eigenvalue weighted by atomic mass is 9.91. The van der Waals surface area contributed by atoms with E-state index in [0.29, 0.717) is 11.9 Å². The Balaban J connectivity index is 1.18. The molecular weight excluding hydrogens is 352 g/mol. The molecule has 28 heavy (non-hydrogen) atoms. The molecule has 1 aromatic carbocycles. The monoisotopic (exact) mass is 376 g/mol. The molecule has 5 rings (SSSR count). The molecule has 1 amide bonds. The van der Waals surface area contributed by atoms with E-state index < -0.39 is 0 Å². The maximum Gasteiger partial charge on any atom is 0.268 e. The lowest BCUT2D eigenvalue weighted by molar-refractivity contribution is 0.0911. The average molecular weight is 376 g/mol. The Morgan fingerprint density at radius 2 is 1.68 bits per heavy atom. The normalized spacial score (nSPS) is 22.1. The first-order valence-electron chi connectivity index (χ1n) is 10.1. The third-order valence-corrected chi connectivity index (χ3v) is 5.77. The van der Waals surface area contributed by atoms with Gasteiger partial charge >= 0.3 is 0 Å². The topological polar surface area (TPSA) is 77.6 Å². The molecule has 2 fully saturated rings. The minimum absolute atomic E-state index is 0.0468. The van der Waals surface area contributed by atoms with Crippen molar-refractivity contribution < 1.29 is 4.79 Å². The Morgan fingerprint density at radius 3 is 2.43 bits per heavy atom. The average Bonchev–Trinajstić information content (AvgIpc) is 3.26. The van der Waals surface area contributed by atoms with E-state index in [9.17, 15) is 4.79 Å². The minimum Gasteiger partial charge on any atom is -0.348 e. The van der Waals surface area contributed by atoms with Gasteiger partial charge in [-0.15, -0.1) is 10.2 Å². The van der Waals surface area contributed by atoms with Crippen LogP contribution in [0.4, 0.5) is 0 Å². The fraction of sp³-hybridized carbons (Fsp3) is 0.429. The molecule has 3 aromatic rings. The summed E-state index contributed by atoms with van der Waals surface area (Å²) in [6.45, 7) is 0. The zero-order valence-corrected chi connectivity index (χ0v) is 15.7. The van der Waals surface area contributed by atoms with Crippen LogP contribution in [0.5, 0.6) is 0 Å². The summed E-state index contributed by atoms with van der Waals surface area (Å²) in [6, 6.07) is 14.8. The Kier molecular flexibility index (Phi) is 4.43. The maximum absolute atomic E-state index is 12.7. The van der Waals surface area contributed by atoms with Crippen LogP contribution in [-0.4, -0.2) is 36.7 Å². The summed E-state index contributed by atoms with van der Waals surface area (Å²) in [5.41, 5.74) is 1.77. The second-order valence-corrected chi connectivity index (χ2v) is 7.81. The van der Waals surface area contributed by atoms with E-state index >= 15 is 0 Å². The Labute approximate surface area is 163 Å². The van der Waals surface area contributed by atoms with Gasteiger partial charge in [0.2, 0.25) is 5.82 Å². The summed E-state index contributed by atoms with van der Waals surface area (Å²) in [6.07, 6.45) is 8.12. The van der Waals surface area contributed by atoms with Gasteiger partial charge in [0.1, 0.15) is 5.69 Å². The number of hydrogen-bond donors (Lipinski definition) is 1. The van der Waals surface area contributed by atoms with Crippen molar-refractivity contribution >= 4 is 5.91 Å². The van der Waals surface area contributed by atoms with Crippen molar-refractivity contribution in [2.24, 2.45) is 0 Å². The third kappa shape index (κ3) is 3.44. The van der Waals surface area contributed by atoms with Crippen LogP contribution in [-0.2, 0) is 0 Å². The van der Waals surface area contributed by atoms with Crippen LogP contribution < -0.4 is 5.32 Å². The molecule has 0 bridgehead atoms. The quantitative estimate of drug-likeness (QED) is 0.740. The summed E-state index contributed by atoms with van der Waals surface area (Å²) >= 11 is 0. The van der Waals surface area contributed by atoms with Crippen LogP contribution in [0, 0.1) is 0 Å². The molecule has 1 N–H and O–H groups in total. The summed E-state index contributed by atoms with van der Waals surface area (Å²) < 4.78 is 2.12. The van der Waals surface area contributed by atoms with Crippen LogP contribution >= 0.6 is 0 Å². The van der Waals surface area contributed by atoms with E-state index in [-0.39, 0.29) is 18.0 Å². The van der Waals surface area contributed by atoms with Crippen molar-refractivity contribution in [3.8, 4) is 11.4 Å². The fourth-order valence-electron chi connectivity index (χ4n) is 4.05. The summed E-state index contributed by atoms with van der Waals surface area (Å²) in [7, 11) is 0. The van der Waals surface area contributed by atoms with Gasteiger partial charge in [0, 0.05) is 23.8 Å². The summed E-state index contributed by atoms with van der Waals surface area (Å²) in [4.78, 5) is 14.4. The van der Waals surface area contributed by atoms with Crippen molar-refractivity contribution in [2.75, 3.05) is 0 Å². The van der Waals surface area contributed by atoms with E-state index in [2.05, 4.69) is 25.3 Å². The van der Waals surface area contributed by atoms with Crippen LogP contribution in [0.1, 0.15) is 61.1 Å². The zero-order chi connectivity index (χ0) is 18.9. The van der Waals surface area contributed by atoms with Gasteiger partial charge in [-0.05, 0) is 55.9 Å². The van der Waals surface area contributed by atoms with Crippen LogP contribution in [0.25, 0.3) is 11.4 Å². The molecule has 2 aromatic heterocycles. The molecule has 144 valence electrons. The third-order valence-electron chi connectivity index (χ3n) is 5.77. The van der Waals surface area contributed by atoms with Gasteiger partial charge in [0.05, 0.1) is 6.04 Å². The lowest BCUT2D eigenvalue weighted by Crippen LogP contribution is -2.39. The van der Waals surface area contributed by atoms with Crippen LogP contribution in [0.15, 0.2) is 48.7 Å². The molecule has 2 saturated carbocycles. The highest BCUT2D eigenvalue weighted by Gasteiger charge is 2.29. The van der Waals surface area contributed by atoms with Crippen molar-refractivity contribution in [3.05, 3.63) is 54.4 Å². The number of nitrogens with one attached hydrogen (secondary N) is 1. The van der Waals surface area contributed by atoms with Crippen molar-refractivity contribution in [2.45, 2.75) is 56.7 Å². The molecule has 2 aliphatic carbocycles. The highest BCUT2D eigenvalue weighted by atomic mass is 16.2. The molecule has 0 unspecified atom stereocenters. The van der Waals surface area contributed by atoms with Gasteiger partial charge in [0.25, 0.3) is 5.91 Å². The van der Waals surface area contributed by atoms with Gasteiger partial charge in [-0.2, -0.15) is 4.80 Å². The highest BCUT2D eigenvalue weighted by molar-refractivity contribution is 5.93. The number of carbonyl (C=O) groups excluding carboxylic acids is 1. The number of tetrazole rings is 1. The van der Waals surface area contributed by atoms with E-state index in [0.717, 1.165) is 36.9 Å². The minimum atomic E-state index is 0.0468. The lowest BCUT2D eigenvalue weighted by Gasteiger charge is -2.28. The number of aromatic nitrogens is 5. The smallest absolute Gasteiger partial charge is 0.268 e. The second-order valence-electron chi connectivity index (χ2n) is 7.81. The maximum atomic E-state index is 12.7.